The predicted octanol–water partition coefficient (Wildman–Crippen LogP) is 4.32. The van der Waals surface area contributed by atoms with E-state index in [2.05, 4.69) is 15.9 Å². The molecule has 0 saturated carbocycles. The fraction of sp³-hybridized carbons (Fsp3) is 0.455. The summed E-state index contributed by atoms with van der Waals surface area (Å²) in [5.74, 6) is 0.691. The summed E-state index contributed by atoms with van der Waals surface area (Å²) in [5.41, 5.74) is 0. The minimum Gasteiger partial charge on any atom is -0.450 e. The lowest BCUT2D eigenvalue weighted by Gasteiger charge is -2.14. The monoisotopic (exact) mass is 322 g/mol. The summed E-state index contributed by atoms with van der Waals surface area (Å²) in [5, 5.41) is 0. The molecule has 0 atom stereocenters. The van der Waals surface area contributed by atoms with Crippen molar-refractivity contribution in [2.24, 2.45) is 0 Å². The summed E-state index contributed by atoms with van der Waals surface area (Å²) in [4.78, 5) is 0. The van der Waals surface area contributed by atoms with E-state index in [9.17, 15) is 4.57 Å². The molecule has 0 saturated heterocycles. The van der Waals surface area contributed by atoms with Crippen LogP contribution in [0.25, 0.3) is 6.08 Å². The first-order valence-electron chi connectivity index (χ1n) is 5.39. The van der Waals surface area contributed by atoms with Crippen molar-refractivity contribution in [1.29, 1.82) is 0 Å². The van der Waals surface area contributed by atoms with Gasteiger partial charge in [0.2, 0.25) is 0 Å². The first kappa shape index (κ1) is 14.7. The average Bonchev–Trinajstić information content (AvgIpc) is 2.65. The van der Waals surface area contributed by atoms with Gasteiger partial charge in [0.15, 0.2) is 4.67 Å². The Hall–Kier alpha value is -0.350. The number of hydrogen-bond donors (Lipinski definition) is 0. The maximum Gasteiger partial charge on any atom is 0.334 e. The van der Waals surface area contributed by atoms with Crippen LogP contribution in [-0.4, -0.2) is 19.4 Å². The maximum absolute atomic E-state index is 12.1. The molecule has 6 heteroatoms. The van der Waals surface area contributed by atoms with Crippen LogP contribution in [0, 0.1) is 0 Å². The highest BCUT2D eigenvalue weighted by atomic mass is 79.9. The second-order valence-electron chi connectivity index (χ2n) is 3.17. The molecular weight excluding hydrogens is 307 g/mol. The van der Waals surface area contributed by atoms with E-state index in [1.807, 2.05) is 6.07 Å². The summed E-state index contributed by atoms with van der Waals surface area (Å²) in [6.45, 7) is 4.33. The Morgan fingerprint density at radius 2 is 2.00 bits per heavy atom. The third-order valence-corrected chi connectivity index (χ3v) is 4.24. The topological polar surface area (TPSA) is 48.7 Å². The molecule has 1 aromatic rings. The van der Waals surface area contributed by atoms with E-state index in [-0.39, 0.29) is 6.16 Å². The SMILES string of the molecule is CCOP(=O)(C/C=C/c1ccc(Br)o1)OCC. The van der Waals surface area contributed by atoms with Gasteiger partial charge in [-0.25, -0.2) is 0 Å². The second-order valence-corrected chi connectivity index (χ2v) is 6.06. The third-order valence-electron chi connectivity index (χ3n) is 1.86. The van der Waals surface area contributed by atoms with Gasteiger partial charge in [-0.1, -0.05) is 6.08 Å². The molecule has 17 heavy (non-hydrogen) atoms. The minimum atomic E-state index is -2.99. The standard InChI is InChI=1S/C11H16BrO4P/c1-3-14-17(13,15-4-2)9-5-6-10-7-8-11(12)16-10/h5-8H,3-4,9H2,1-2H3/b6-5+. The Morgan fingerprint density at radius 3 is 2.47 bits per heavy atom. The van der Waals surface area contributed by atoms with Crippen LogP contribution in [0.1, 0.15) is 19.6 Å². The van der Waals surface area contributed by atoms with Gasteiger partial charge in [0.05, 0.1) is 19.4 Å². The first-order chi connectivity index (χ1) is 8.09. The molecule has 0 radical (unpaired) electrons. The van der Waals surface area contributed by atoms with Gasteiger partial charge in [0, 0.05) is 0 Å². The van der Waals surface area contributed by atoms with Gasteiger partial charge >= 0.3 is 7.60 Å². The molecule has 0 spiro atoms. The molecule has 0 unspecified atom stereocenters. The Labute approximate surface area is 110 Å². The van der Waals surface area contributed by atoms with Crippen molar-refractivity contribution in [1.82, 2.24) is 0 Å². The van der Waals surface area contributed by atoms with Crippen molar-refractivity contribution >= 4 is 29.6 Å². The second kappa shape index (κ2) is 7.17. The van der Waals surface area contributed by atoms with Crippen LogP contribution in [0.15, 0.2) is 27.3 Å². The fourth-order valence-electron chi connectivity index (χ4n) is 1.25. The molecule has 1 aromatic heterocycles. The summed E-state index contributed by atoms with van der Waals surface area (Å²) < 4.78 is 28.3. The maximum atomic E-state index is 12.1. The molecule has 0 N–H and O–H groups in total. The van der Waals surface area contributed by atoms with Gasteiger partial charge in [0.25, 0.3) is 0 Å². The quantitative estimate of drug-likeness (QED) is 0.701. The van der Waals surface area contributed by atoms with Crippen molar-refractivity contribution in [3.63, 3.8) is 0 Å². The zero-order chi connectivity index (χ0) is 12.7. The zero-order valence-corrected chi connectivity index (χ0v) is 12.4. The van der Waals surface area contributed by atoms with Crippen molar-refractivity contribution in [3.8, 4) is 0 Å². The molecule has 0 aliphatic heterocycles. The zero-order valence-electron chi connectivity index (χ0n) is 9.89. The summed E-state index contributed by atoms with van der Waals surface area (Å²) in [6, 6.07) is 3.61. The Bertz CT molecular complexity index is 403. The summed E-state index contributed by atoms with van der Waals surface area (Å²) >= 11 is 3.21. The molecule has 4 nitrogen and oxygen atoms in total. The fourth-order valence-corrected chi connectivity index (χ4v) is 3.01. The van der Waals surface area contributed by atoms with Crippen LogP contribution in [0.4, 0.5) is 0 Å². The molecule has 0 amide bonds. The number of allylic oxidation sites excluding steroid dienone is 1. The number of halogens is 1. The van der Waals surface area contributed by atoms with Crippen LogP contribution in [-0.2, 0) is 13.6 Å². The van der Waals surface area contributed by atoms with Crippen LogP contribution < -0.4 is 0 Å². The van der Waals surface area contributed by atoms with Crippen molar-refractivity contribution in [2.45, 2.75) is 13.8 Å². The molecule has 0 aromatic carbocycles. The highest BCUT2D eigenvalue weighted by Crippen LogP contribution is 2.47. The van der Waals surface area contributed by atoms with Gasteiger partial charge in [-0.15, -0.1) is 0 Å². The molecule has 0 aliphatic rings. The molecule has 1 heterocycles. The van der Waals surface area contributed by atoms with Gasteiger partial charge in [-0.3, -0.25) is 4.57 Å². The largest absolute Gasteiger partial charge is 0.450 e. The Kier molecular flexibility index (Phi) is 6.20. The van der Waals surface area contributed by atoms with Crippen LogP contribution in [0.5, 0.6) is 0 Å². The number of rotatable bonds is 7. The van der Waals surface area contributed by atoms with E-state index in [1.54, 1.807) is 32.1 Å². The summed E-state index contributed by atoms with van der Waals surface area (Å²) in [6.07, 6.45) is 3.72. The lowest BCUT2D eigenvalue weighted by atomic mass is 10.4. The lowest BCUT2D eigenvalue weighted by molar-refractivity contribution is 0.222. The van der Waals surface area contributed by atoms with Crippen LogP contribution in [0.2, 0.25) is 0 Å². The van der Waals surface area contributed by atoms with Crippen molar-refractivity contribution in [3.05, 3.63) is 28.6 Å². The van der Waals surface area contributed by atoms with Crippen LogP contribution in [0.3, 0.4) is 0 Å². The Balaban J connectivity index is 2.57. The molecule has 0 fully saturated rings. The van der Waals surface area contributed by atoms with E-state index in [0.717, 1.165) is 0 Å². The van der Waals surface area contributed by atoms with Gasteiger partial charge in [-0.2, -0.15) is 0 Å². The lowest BCUT2D eigenvalue weighted by Crippen LogP contribution is -1.98. The highest BCUT2D eigenvalue weighted by Gasteiger charge is 2.21. The van der Waals surface area contributed by atoms with Gasteiger partial charge in [0.1, 0.15) is 5.76 Å². The smallest absolute Gasteiger partial charge is 0.334 e. The number of hydrogen-bond acceptors (Lipinski definition) is 4. The van der Waals surface area contributed by atoms with Gasteiger partial charge in [-0.05, 0) is 48.0 Å². The van der Waals surface area contributed by atoms with E-state index >= 15 is 0 Å². The average molecular weight is 323 g/mol. The van der Waals surface area contributed by atoms with Crippen LogP contribution >= 0.6 is 23.5 Å². The Morgan fingerprint density at radius 1 is 1.35 bits per heavy atom. The predicted molar refractivity (Wildman–Crippen MR) is 71.2 cm³/mol. The van der Waals surface area contributed by atoms with E-state index in [1.165, 1.54) is 0 Å². The highest BCUT2D eigenvalue weighted by molar-refractivity contribution is 9.10. The minimum absolute atomic E-state index is 0.243. The first-order valence-corrected chi connectivity index (χ1v) is 7.91. The molecular formula is C11H16BrO4P. The van der Waals surface area contributed by atoms with Crippen molar-refractivity contribution < 1.29 is 18.0 Å². The normalized spacial score (nSPS) is 12.4. The molecule has 0 aliphatic carbocycles. The number of furan rings is 1. The third kappa shape index (κ3) is 5.21. The molecule has 1 rings (SSSR count). The van der Waals surface area contributed by atoms with E-state index in [0.29, 0.717) is 23.6 Å². The van der Waals surface area contributed by atoms with E-state index < -0.39 is 7.60 Å². The molecule has 0 bridgehead atoms. The van der Waals surface area contributed by atoms with Gasteiger partial charge < -0.3 is 13.5 Å². The van der Waals surface area contributed by atoms with E-state index in [4.69, 9.17) is 13.5 Å². The molecule has 96 valence electrons. The summed E-state index contributed by atoms with van der Waals surface area (Å²) in [7, 11) is -2.99. The van der Waals surface area contributed by atoms with Crippen molar-refractivity contribution in [2.75, 3.05) is 19.4 Å².